The van der Waals surface area contributed by atoms with Crippen molar-refractivity contribution in [2.45, 2.75) is 27.7 Å². The number of ether oxygens (including phenoxy) is 9. The number of anilines is 4. The number of nitrogens with one attached hydrogen (secondary N) is 1. The molecule has 0 saturated heterocycles. The van der Waals surface area contributed by atoms with E-state index in [1.54, 1.807) is 26.4 Å². The zero-order chi connectivity index (χ0) is 46.1. The molecule has 0 spiro atoms. The quantitative estimate of drug-likeness (QED) is 0.0396. The summed E-state index contributed by atoms with van der Waals surface area (Å²) in [5.74, 6) is 1.68. The lowest BCUT2D eigenvalue weighted by Gasteiger charge is -2.27. The van der Waals surface area contributed by atoms with E-state index in [0.717, 1.165) is 28.6 Å². The number of fused-ring (bicyclic) bond motifs is 2. The van der Waals surface area contributed by atoms with Crippen molar-refractivity contribution in [2.75, 3.05) is 115 Å². The first-order valence-electron chi connectivity index (χ1n) is 20.9. The maximum Gasteiger partial charge on any atom is 0.340 e. The highest BCUT2D eigenvalue weighted by atomic mass is 16.7. The number of nitro benzene ring substituents is 1. The Balaban J connectivity index is 0.000000506. The molecule has 1 aliphatic rings. The van der Waals surface area contributed by atoms with Crippen LogP contribution in [0.25, 0.3) is 0 Å². The van der Waals surface area contributed by atoms with Crippen molar-refractivity contribution in [2.24, 2.45) is 4.99 Å². The highest BCUT2D eigenvalue weighted by Crippen LogP contribution is 2.33. The zero-order valence-electron chi connectivity index (χ0n) is 37.2. The number of carbonyl (C=O) groups is 1. The highest BCUT2D eigenvalue weighted by Gasteiger charge is 2.17. The van der Waals surface area contributed by atoms with Crippen LogP contribution < -0.4 is 35.9 Å². The minimum Gasteiger partial charge on any atom is -0.490 e. The number of non-ortho nitro benzene ring substituents is 1. The molecule has 4 aromatic rings. The van der Waals surface area contributed by atoms with Gasteiger partial charge in [-0.05, 0) is 81.3 Å². The van der Waals surface area contributed by atoms with Gasteiger partial charge in [0.2, 0.25) is 0 Å². The van der Waals surface area contributed by atoms with Gasteiger partial charge >= 0.3 is 5.97 Å². The SMILES string of the molecule is CCOC(=O)c1cc([N+](=O)[O-])ccc1N.CCOCCO/C1=C\Nc2ccc(C)cc2OCCN(c2ccc(N)cc2OCCOC)CCOc2cc(C)ccc2N=CCOCCO1. The summed E-state index contributed by atoms with van der Waals surface area (Å²) in [4.78, 5) is 28.0. The smallest absolute Gasteiger partial charge is 0.340 e. The second-order valence-electron chi connectivity index (χ2n) is 13.9. The van der Waals surface area contributed by atoms with Crippen LogP contribution in [0.5, 0.6) is 17.2 Å². The Morgan fingerprint density at radius 3 is 2.30 bits per heavy atom. The third-order valence-electron chi connectivity index (χ3n) is 9.02. The monoisotopic (exact) mass is 888 g/mol. The van der Waals surface area contributed by atoms with Crippen molar-refractivity contribution in [3.63, 3.8) is 0 Å². The van der Waals surface area contributed by atoms with Gasteiger partial charge in [-0.3, -0.25) is 15.1 Å². The molecular weight excluding hydrogens is 829 g/mol. The summed E-state index contributed by atoms with van der Waals surface area (Å²) >= 11 is 0. The Hall–Kier alpha value is -6.76. The standard InChI is InChI=1S/C37H50N4O8.C9H10N2O4/c1-5-43-19-22-48-37-27-40-32-10-7-29(3)25-35(32)46-17-14-41(33-11-8-30(38)26-36(33)47-21-18-42-4)13-16-45-34-24-28(2)6-9-31(34)39-12-15-44-20-23-49-37;1-2-15-9(12)7-5-6(11(13)14)3-4-8(7)10/h6-12,24-27,40H,5,13-23,38H2,1-4H3;3-5H,2,10H2,1H3/b37-27+,39-12?;. The van der Waals surface area contributed by atoms with Crippen LogP contribution in [0, 0.1) is 24.0 Å². The maximum atomic E-state index is 11.3. The van der Waals surface area contributed by atoms with Crippen LogP contribution in [0.3, 0.4) is 0 Å². The van der Waals surface area contributed by atoms with Crippen molar-refractivity contribution in [1.82, 2.24) is 0 Å². The van der Waals surface area contributed by atoms with Crippen LogP contribution >= 0.6 is 0 Å². The largest absolute Gasteiger partial charge is 0.490 e. The molecule has 346 valence electrons. The summed E-state index contributed by atoms with van der Waals surface area (Å²) in [5, 5.41) is 13.8. The Morgan fingerprint density at radius 2 is 1.56 bits per heavy atom. The molecule has 0 aliphatic carbocycles. The molecule has 18 heteroatoms. The predicted molar refractivity (Wildman–Crippen MR) is 246 cm³/mol. The van der Waals surface area contributed by atoms with E-state index in [9.17, 15) is 14.9 Å². The zero-order valence-corrected chi connectivity index (χ0v) is 37.2. The second-order valence-corrected chi connectivity index (χ2v) is 13.9. The van der Waals surface area contributed by atoms with Gasteiger partial charge in [0.25, 0.3) is 11.6 Å². The van der Waals surface area contributed by atoms with E-state index in [0.29, 0.717) is 107 Å². The second kappa shape index (κ2) is 27.3. The summed E-state index contributed by atoms with van der Waals surface area (Å²) < 4.78 is 51.7. The molecule has 0 atom stereocenters. The van der Waals surface area contributed by atoms with Crippen molar-refractivity contribution < 1.29 is 52.3 Å². The number of hydrogen-bond donors (Lipinski definition) is 3. The Morgan fingerprint density at radius 1 is 0.828 bits per heavy atom. The van der Waals surface area contributed by atoms with Crippen molar-refractivity contribution >= 4 is 46.3 Å². The van der Waals surface area contributed by atoms with Crippen molar-refractivity contribution in [3.8, 4) is 17.2 Å². The number of esters is 1. The van der Waals surface area contributed by atoms with Gasteiger partial charge in [-0.15, -0.1) is 0 Å². The summed E-state index contributed by atoms with van der Waals surface area (Å²) in [5.41, 5.74) is 16.7. The average Bonchev–Trinajstić information content (AvgIpc) is 3.27. The Labute approximate surface area is 374 Å². The first-order valence-corrected chi connectivity index (χ1v) is 20.9. The van der Waals surface area contributed by atoms with E-state index in [1.165, 1.54) is 12.1 Å². The summed E-state index contributed by atoms with van der Waals surface area (Å²) in [6.07, 6.45) is 3.39. The minimum absolute atomic E-state index is 0.0195. The molecule has 4 aromatic carbocycles. The average molecular weight is 889 g/mol. The van der Waals surface area contributed by atoms with Crippen molar-refractivity contribution in [1.29, 1.82) is 0 Å². The van der Waals surface area contributed by atoms with Crippen LogP contribution in [0.1, 0.15) is 35.3 Å². The topological polar surface area (TPSA) is 223 Å². The minimum atomic E-state index is -0.654. The molecule has 5 N–H and O–H groups in total. The predicted octanol–water partition coefficient (Wildman–Crippen LogP) is 7.24. The Kier molecular flexibility index (Phi) is 21.3. The molecule has 0 saturated carbocycles. The number of nitro groups is 1. The number of benzene rings is 4. The van der Waals surface area contributed by atoms with Gasteiger partial charge in [-0.2, -0.15) is 0 Å². The summed E-state index contributed by atoms with van der Waals surface area (Å²) in [6.45, 7) is 12.8. The van der Waals surface area contributed by atoms with Crippen LogP contribution in [0.2, 0.25) is 0 Å². The molecule has 5 rings (SSSR count). The van der Waals surface area contributed by atoms with Gasteiger partial charge in [0.15, 0.2) is 0 Å². The van der Waals surface area contributed by atoms with Crippen LogP contribution in [0.4, 0.5) is 34.1 Å². The van der Waals surface area contributed by atoms with Crippen LogP contribution in [-0.4, -0.2) is 110 Å². The lowest BCUT2D eigenvalue weighted by molar-refractivity contribution is -0.384. The normalized spacial score (nSPS) is 14.4. The maximum absolute atomic E-state index is 11.3. The Bertz CT molecular complexity index is 2150. The molecule has 0 aromatic heterocycles. The van der Waals surface area contributed by atoms with Crippen molar-refractivity contribution in [3.05, 3.63) is 112 Å². The highest BCUT2D eigenvalue weighted by molar-refractivity contribution is 5.95. The summed E-state index contributed by atoms with van der Waals surface area (Å²) in [6, 6.07) is 21.2. The third kappa shape index (κ3) is 16.8. The van der Waals surface area contributed by atoms with E-state index in [4.69, 9.17) is 54.1 Å². The number of nitrogen functional groups attached to an aromatic ring is 2. The first-order chi connectivity index (χ1) is 31.0. The molecule has 64 heavy (non-hydrogen) atoms. The molecule has 0 bridgehead atoms. The lowest BCUT2D eigenvalue weighted by Crippen LogP contribution is -2.33. The molecule has 0 radical (unpaired) electrons. The number of aliphatic imine (C=N–C) groups is 1. The van der Waals surface area contributed by atoms with Gasteiger partial charge < -0.3 is 64.3 Å². The first kappa shape index (κ1) is 49.9. The molecule has 18 nitrogen and oxygen atoms in total. The van der Waals surface area contributed by atoms with E-state index in [-0.39, 0.29) is 30.2 Å². The van der Waals surface area contributed by atoms with Gasteiger partial charge in [0, 0.05) is 49.5 Å². The number of aryl methyl sites for hydroxylation is 2. The number of nitrogens with zero attached hydrogens (tertiary/aromatic N) is 3. The number of rotatable bonds is 13. The van der Waals surface area contributed by atoms with Crippen LogP contribution in [0.15, 0.2) is 89.9 Å². The van der Waals surface area contributed by atoms with E-state index >= 15 is 0 Å². The van der Waals surface area contributed by atoms with Gasteiger partial charge in [-0.25, -0.2) is 4.79 Å². The number of methoxy groups -OCH3 is 1. The number of hydrogen-bond acceptors (Lipinski definition) is 17. The van der Waals surface area contributed by atoms with Gasteiger partial charge in [0.05, 0.1) is 74.2 Å². The van der Waals surface area contributed by atoms with E-state index in [2.05, 4.69) is 15.2 Å². The van der Waals surface area contributed by atoms with E-state index in [1.807, 2.05) is 75.4 Å². The molecule has 1 aliphatic heterocycles. The van der Waals surface area contributed by atoms with Gasteiger partial charge in [-0.1, -0.05) is 12.1 Å². The fourth-order valence-electron chi connectivity index (χ4n) is 5.86. The molecule has 0 fully saturated rings. The number of nitrogens with two attached hydrogens (primary N) is 2. The van der Waals surface area contributed by atoms with E-state index < -0.39 is 10.9 Å². The molecule has 0 amide bonds. The molecule has 1 heterocycles. The summed E-state index contributed by atoms with van der Waals surface area (Å²) in [7, 11) is 1.64. The lowest BCUT2D eigenvalue weighted by atomic mass is 10.1. The van der Waals surface area contributed by atoms with Crippen LogP contribution in [-0.2, 0) is 28.4 Å². The molecular formula is C46H60N6O12. The van der Waals surface area contributed by atoms with Gasteiger partial charge in [0.1, 0.15) is 56.0 Å². The third-order valence-corrected chi connectivity index (χ3v) is 9.02. The fraction of sp³-hybridized carbons (Fsp3) is 0.391. The fourth-order valence-corrected chi connectivity index (χ4v) is 5.86. The molecule has 0 unspecified atom stereocenters. The number of carbonyl (C=O) groups excluding carboxylic acids is 1.